The number of hydrogen-bond donors (Lipinski definition) is 2. The molecule has 0 spiro atoms. The van der Waals surface area contributed by atoms with Gasteiger partial charge in [-0.25, -0.2) is 8.78 Å². The van der Waals surface area contributed by atoms with E-state index in [9.17, 15) is 13.6 Å². The number of alkyl halides is 2. The molecule has 2 rings (SSSR count). The number of rotatable bonds is 4. The van der Waals surface area contributed by atoms with Gasteiger partial charge in [0.2, 0.25) is 0 Å². The Kier molecular flexibility index (Phi) is 7.05. The molecule has 0 saturated carbocycles. The fourth-order valence-corrected chi connectivity index (χ4v) is 2.61. The smallest absolute Gasteiger partial charge is 0.255 e. The summed E-state index contributed by atoms with van der Waals surface area (Å²) in [7, 11) is 0. The zero-order valence-electron chi connectivity index (χ0n) is 12.0. The van der Waals surface area contributed by atoms with Gasteiger partial charge in [0.25, 0.3) is 12.3 Å². The monoisotopic (exact) mass is 318 g/mol. The largest absolute Gasteiger partial charge is 0.346 e. The number of hydrogen-bond acceptors (Lipinski definition) is 2. The van der Waals surface area contributed by atoms with Crippen LogP contribution in [-0.4, -0.2) is 32.0 Å². The molecule has 0 unspecified atom stereocenters. The van der Waals surface area contributed by atoms with Crippen molar-refractivity contribution in [2.24, 2.45) is 0 Å². The first kappa shape index (κ1) is 17.9. The van der Waals surface area contributed by atoms with Gasteiger partial charge in [0.1, 0.15) is 0 Å². The van der Waals surface area contributed by atoms with E-state index in [1.165, 1.54) is 0 Å². The van der Waals surface area contributed by atoms with Crippen LogP contribution in [0, 0.1) is 6.92 Å². The highest BCUT2D eigenvalue weighted by atomic mass is 35.5. The number of benzene rings is 1. The second kappa shape index (κ2) is 8.29. The molecule has 118 valence electrons. The number of carbonyl (C=O) groups is 1. The van der Waals surface area contributed by atoms with Crippen LogP contribution in [0.25, 0.3) is 0 Å². The minimum atomic E-state index is -2.52. The number of piperidine rings is 1. The molecule has 0 aliphatic carbocycles. The van der Waals surface area contributed by atoms with E-state index in [0.29, 0.717) is 11.5 Å². The SMILES string of the molecule is Cc1cc(C(=O)NCC(F)F)cc(C2CCNCC2)c1.Cl. The van der Waals surface area contributed by atoms with Crippen LogP contribution < -0.4 is 10.6 Å². The number of halogens is 3. The summed E-state index contributed by atoms with van der Waals surface area (Å²) in [5.41, 5.74) is 2.59. The summed E-state index contributed by atoms with van der Waals surface area (Å²) in [6.45, 7) is 3.28. The summed E-state index contributed by atoms with van der Waals surface area (Å²) in [4.78, 5) is 11.9. The van der Waals surface area contributed by atoms with Gasteiger partial charge in [-0.2, -0.15) is 0 Å². The lowest BCUT2D eigenvalue weighted by Gasteiger charge is -2.23. The van der Waals surface area contributed by atoms with Gasteiger partial charge in [0.15, 0.2) is 0 Å². The maximum absolute atomic E-state index is 12.1. The lowest BCUT2D eigenvalue weighted by molar-refractivity contribution is 0.0891. The molecule has 1 aliphatic heterocycles. The second-order valence-corrected chi connectivity index (χ2v) is 5.26. The summed E-state index contributed by atoms with van der Waals surface area (Å²) in [6, 6.07) is 5.66. The average molecular weight is 319 g/mol. The molecule has 1 aromatic rings. The summed E-state index contributed by atoms with van der Waals surface area (Å²) in [5, 5.41) is 5.56. The van der Waals surface area contributed by atoms with Crippen LogP contribution in [-0.2, 0) is 0 Å². The standard InChI is InChI=1S/C15H20F2N2O.ClH/c1-10-6-12(11-2-4-18-5-3-11)8-13(7-10)15(20)19-9-14(16)17;/h6-8,11,14,18H,2-5,9H2,1H3,(H,19,20);1H. The lowest BCUT2D eigenvalue weighted by Crippen LogP contribution is -2.29. The molecule has 0 atom stereocenters. The Morgan fingerprint density at radius 3 is 2.62 bits per heavy atom. The third-order valence-corrected chi connectivity index (χ3v) is 3.59. The molecule has 0 radical (unpaired) electrons. The van der Waals surface area contributed by atoms with Gasteiger partial charge in [0, 0.05) is 5.56 Å². The summed E-state index contributed by atoms with van der Waals surface area (Å²) in [6.07, 6.45) is -0.434. The Labute approximate surface area is 129 Å². The van der Waals surface area contributed by atoms with E-state index in [2.05, 4.69) is 16.7 Å². The van der Waals surface area contributed by atoms with Crippen molar-refractivity contribution in [3.63, 3.8) is 0 Å². The van der Waals surface area contributed by atoms with Crippen LogP contribution in [0.5, 0.6) is 0 Å². The highest BCUT2D eigenvalue weighted by Crippen LogP contribution is 2.26. The first-order chi connectivity index (χ1) is 9.56. The number of nitrogens with one attached hydrogen (secondary N) is 2. The third kappa shape index (κ3) is 5.25. The van der Waals surface area contributed by atoms with Crippen molar-refractivity contribution in [3.8, 4) is 0 Å². The van der Waals surface area contributed by atoms with E-state index < -0.39 is 18.9 Å². The van der Waals surface area contributed by atoms with Crippen molar-refractivity contribution in [2.45, 2.75) is 32.1 Å². The van der Waals surface area contributed by atoms with Gasteiger partial charge in [-0.05, 0) is 56.5 Å². The Morgan fingerprint density at radius 2 is 2.00 bits per heavy atom. The molecular formula is C15H21ClF2N2O. The molecule has 1 aromatic carbocycles. The number of aryl methyl sites for hydroxylation is 1. The van der Waals surface area contributed by atoms with E-state index in [1.807, 2.05) is 13.0 Å². The Bertz CT molecular complexity index is 477. The first-order valence-electron chi connectivity index (χ1n) is 6.95. The van der Waals surface area contributed by atoms with Crippen LogP contribution >= 0.6 is 12.4 Å². The predicted molar refractivity (Wildman–Crippen MR) is 81.6 cm³/mol. The van der Waals surface area contributed by atoms with E-state index in [-0.39, 0.29) is 12.4 Å². The van der Waals surface area contributed by atoms with Crippen molar-refractivity contribution in [2.75, 3.05) is 19.6 Å². The van der Waals surface area contributed by atoms with Gasteiger partial charge in [-0.15, -0.1) is 12.4 Å². The van der Waals surface area contributed by atoms with E-state index >= 15 is 0 Å². The van der Waals surface area contributed by atoms with Crippen molar-refractivity contribution in [1.82, 2.24) is 10.6 Å². The van der Waals surface area contributed by atoms with Crippen LogP contribution in [0.3, 0.4) is 0 Å². The molecule has 2 N–H and O–H groups in total. The molecule has 1 amide bonds. The highest BCUT2D eigenvalue weighted by molar-refractivity contribution is 5.94. The molecule has 1 heterocycles. The molecule has 3 nitrogen and oxygen atoms in total. The van der Waals surface area contributed by atoms with Crippen molar-refractivity contribution < 1.29 is 13.6 Å². The predicted octanol–water partition coefficient (Wildman–Crippen LogP) is 2.88. The van der Waals surface area contributed by atoms with Gasteiger partial charge in [0.05, 0.1) is 6.54 Å². The first-order valence-corrected chi connectivity index (χ1v) is 6.95. The number of amides is 1. The van der Waals surface area contributed by atoms with Crippen LogP contribution in [0.4, 0.5) is 8.78 Å². The quantitative estimate of drug-likeness (QED) is 0.896. The zero-order chi connectivity index (χ0) is 14.5. The Balaban J connectivity index is 0.00000220. The molecule has 1 aliphatic rings. The van der Waals surface area contributed by atoms with Crippen LogP contribution in [0.2, 0.25) is 0 Å². The molecule has 21 heavy (non-hydrogen) atoms. The minimum Gasteiger partial charge on any atom is -0.346 e. The molecule has 0 bridgehead atoms. The minimum absolute atomic E-state index is 0. The number of carbonyl (C=O) groups excluding carboxylic acids is 1. The topological polar surface area (TPSA) is 41.1 Å². The highest BCUT2D eigenvalue weighted by Gasteiger charge is 2.17. The zero-order valence-corrected chi connectivity index (χ0v) is 12.8. The van der Waals surface area contributed by atoms with Crippen molar-refractivity contribution >= 4 is 18.3 Å². The van der Waals surface area contributed by atoms with Gasteiger partial charge < -0.3 is 10.6 Å². The lowest BCUT2D eigenvalue weighted by atomic mass is 9.88. The summed E-state index contributed by atoms with van der Waals surface area (Å²) in [5.74, 6) is 0.0157. The normalized spacial score (nSPS) is 15.6. The van der Waals surface area contributed by atoms with Gasteiger partial charge in [-0.1, -0.05) is 11.6 Å². The van der Waals surface area contributed by atoms with Gasteiger partial charge >= 0.3 is 0 Å². The van der Waals surface area contributed by atoms with E-state index in [0.717, 1.165) is 37.1 Å². The molecule has 1 fully saturated rings. The van der Waals surface area contributed by atoms with Crippen LogP contribution in [0.1, 0.15) is 40.2 Å². The third-order valence-electron chi connectivity index (χ3n) is 3.59. The van der Waals surface area contributed by atoms with E-state index in [4.69, 9.17) is 0 Å². The maximum Gasteiger partial charge on any atom is 0.255 e. The fourth-order valence-electron chi connectivity index (χ4n) is 2.61. The van der Waals surface area contributed by atoms with Gasteiger partial charge in [-0.3, -0.25) is 4.79 Å². The fraction of sp³-hybridized carbons (Fsp3) is 0.533. The summed E-state index contributed by atoms with van der Waals surface area (Å²) >= 11 is 0. The van der Waals surface area contributed by atoms with Crippen molar-refractivity contribution in [3.05, 3.63) is 34.9 Å². The molecule has 0 aromatic heterocycles. The Hall–Kier alpha value is -1.20. The average Bonchev–Trinajstić information content (AvgIpc) is 2.45. The maximum atomic E-state index is 12.1. The van der Waals surface area contributed by atoms with E-state index in [1.54, 1.807) is 6.07 Å². The van der Waals surface area contributed by atoms with Crippen LogP contribution in [0.15, 0.2) is 18.2 Å². The van der Waals surface area contributed by atoms with Crippen molar-refractivity contribution in [1.29, 1.82) is 0 Å². The molecule has 1 saturated heterocycles. The Morgan fingerprint density at radius 1 is 1.33 bits per heavy atom. The second-order valence-electron chi connectivity index (χ2n) is 5.26. The molecular weight excluding hydrogens is 298 g/mol. The summed E-state index contributed by atoms with van der Waals surface area (Å²) < 4.78 is 24.3. The molecule has 6 heteroatoms.